The van der Waals surface area contributed by atoms with Gasteiger partial charge in [0.2, 0.25) is 10.0 Å². The number of fused-ring (bicyclic) bond motifs is 1. The van der Waals surface area contributed by atoms with Gasteiger partial charge in [-0.2, -0.15) is 0 Å². The van der Waals surface area contributed by atoms with Gasteiger partial charge in [0.15, 0.2) is 0 Å². The van der Waals surface area contributed by atoms with Crippen LogP contribution in [0.15, 0.2) is 34.8 Å². The van der Waals surface area contributed by atoms with Gasteiger partial charge in [0.05, 0.1) is 6.04 Å². The first kappa shape index (κ1) is 20.3. The lowest BCUT2D eigenvalue weighted by atomic mass is 9.97. The molecule has 0 bridgehead atoms. The van der Waals surface area contributed by atoms with Gasteiger partial charge in [-0.3, -0.25) is 0 Å². The molecule has 1 aliphatic heterocycles. The van der Waals surface area contributed by atoms with E-state index in [2.05, 4.69) is 18.8 Å². The smallest absolute Gasteiger partial charge is 0.248 e. The Balaban J connectivity index is 1.80. The lowest BCUT2D eigenvalue weighted by Gasteiger charge is -2.15. The second-order valence-corrected chi connectivity index (χ2v) is 10.9. The Kier molecular flexibility index (Phi) is 5.13. The molecule has 0 unspecified atom stereocenters. The fourth-order valence-electron chi connectivity index (χ4n) is 4.12. The molecule has 154 valence electrons. The van der Waals surface area contributed by atoms with Crippen LogP contribution in [0, 0.1) is 18.7 Å². The molecular weight excluding hydrogens is 409 g/mol. The van der Waals surface area contributed by atoms with Crippen molar-refractivity contribution in [2.45, 2.75) is 50.3 Å². The summed E-state index contributed by atoms with van der Waals surface area (Å²) in [6.45, 7) is 6.05. The molecule has 1 aliphatic rings. The van der Waals surface area contributed by atoms with Gasteiger partial charge in [-0.1, -0.05) is 26.0 Å². The number of hydrogen-bond acceptors (Lipinski definition) is 4. The molecule has 3 aromatic rings. The molecule has 2 N–H and O–H groups in total. The van der Waals surface area contributed by atoms with Crippen LogP contribution >= 0.6 is 11.3 Å². The SMILES string of the molecule is Cc1c(CC(C)C)sc(S(N)(=O)=O)c1-c1ccc([C@H]2CCc3nccn32)c(F)c1. The molecule has 2 aromatic heterocycles. The molecule has 1 aromatic carbocycles. The van der Waals surface area contributed by atoms with Crippen LogP contribution in [0.4, 0.5) is 4.39 Å². The minimum absolute atomic E-state index is 0.0839. The van der Waals surface area contributed by atoms with Gasteiger partial charge in [-0.15, -0.1) is 11.3 Å². The first-order valence-corrected chi connectivity index (χ1v) is 12.0. The van der Waals surface area contributed by atoms with Crippen molar-refractivity contribution in [3.63, 3.8) is 0 Å². The topological polar surface area (TPSA) is 78.0 Å². The van der Waals surface area contributed by atoms with Gasteiger partial charge in [-0.05, 0) is 42.9 Å². The van der Waals surface area contributed by atoms with E-state index in [1.54, 1.807) is 18.3 Å². The van der Waals surface area contributed by atoms with Crippen LogP contribution in [0.2, 0.25) is 0 Å². The number of aryl methyl sites for hydroxylation is 1. The molecule has 8 heteroatoms. The van der Waals surface area contributed by atoms with Crippen molar-refractivity contribution >= 4 is 21.4 Å². The van der Waals surface area contributed by atoms with Gasteiger partial charge in [-0.25, -0.2) is 22.9 Å². The summed E-state index contributed by atoms with van der Waals surface area (Å²) in [5, 5.41) is 5.50. The highest BCUT2D eigenvalue weighted by Crippen LogP contribution is 2.41. The standard InChI is InChI=1S/C21H24FN3O2S2/c1-12(2)10-18-13(3)20(21(28-18)29(23,26)27)14-4-5-15(16(22)11-14)17-6-7-19-24-8-9-25(17)19/h4-5,8-9,11-12,17H,6-7,10H2,1-3H3,(H2,23,26,27)/t17-/m1/s1. The summed E-state index contributed by atoms with van der Waals surface area (Å²) in [6, 6.07) is 4.92. The fraction of sp³-hybridized carbons (Fsp3) is 0.381. The largest absolute Gasteiger partial charge is 0.327 e. The highest BCUT2D eigenvalue weighted by molar-refractivity contribution is 7.91. The van der Waals surface area contributed by atoms with E-state index in [0.29, 0.717) is 22.6 Å². The average Bonchev–Trinajstić information content (AvgIpc) is 3.30. The maximum Gasteiger partial charge on any atom is 0.248 e. The van der Waals surface area contributed by atoms with Crippen molar-refractivity contribution in [2.75, 3.05) is 0 Å². The minimum atomic E-state index is -3.91. The average molecular weight is 434 g/mol. The van der Waals surface area contributed by atoms with E-state index in [4.69, 9.17) is 5.14 Å². The van der Waals surface area contributed by atoms with Crippen molar-refractivity contribution in [1.82, 2.24) is 9.55 Å². The van der Waals surface area contributed by atoms with Crippen LogP contribution in [-0.4, -0.2) is 18.0 Å². The molecular formula is C21H24FN3O2S2. The molecule has 0 aliphatic carbocycles. The van der Waals surface area contributed by atoms with Crippen LogP contribution < -0.4 is 5.14 Å². The molecule has 0 saturated carbocycles. The molecule has 29 heavy (non-hydrogen) atoms. The Labute approximate surface area is 174 Å². The third-order valence-electron chi connectivity index (χ3n) is 5.44. The maximum absolute atomic E-state index is 15.2. The van der Waals surface area contributed by atoms with Crippen LogP contribution in [-0.2, 0) is 22.9 Å². The summed E-state index contributed by atoms with van der Waals surface area (Å²) < 4.78 is 41.7. The molecule has 1 atom stereocenters. The molecule has 0 fully saturated rings. The predicted molar refractivity (Wildman–Crippen MR) is 113 cm³/mol. The zero-order chi connectivity index (χ0) is 20.9. The second-order valence-electron chi connectivity index (χ2n) is 8.00. The van der Waals surface area contributed by atoms with Gasteiger partial charge in [0.25, 0.3) is 0 Å². The molecule has 3 heterocycles. The van der Waals surface area contributed by atoms with Crippen LogP contribution in [0.5, 0.6) is 0 Å². The fourth-order valence-corrected chi connectivity index (χ4v) is 6.71. The first-order chi connectivity index (χ1) is 13.7. The summed E-state index contributed by atoms with van der Waals surface area (Å²) in [5.74, 6) is 0.992. The summed E-state index contributed by atoms with van der Waals surface area (Å²) in [6.07, 6.45) is 5.98. The van der Waals surface area contributed by atoms with E-state index in [1.165, 1.54) is 17.4 Å². The number of halogens is 1. The lowest BCUT2D eigenvalue weighted by Crippen LogP contribution is -2.11. The number of primary sulfonamides is 1. The normalized spacial score (nSPS) is 16.6. The molecule has 0 saturated heterocycles. The number of thiophene rings is 1. The third-order valence-corrected chi connectivity index (χ3v) is 8.22. The maximum atomic E-state index is 15.2. The zero-order valence-electron chi connectivity index (χ0n) is 16.6. The van der Waals surface area contributed by atoms with E-state index in [-0.39, 0.29) is 16.1 Å². The predicted octanol–water partition coefficient (Wildman–Crippen LogP) is 4.44. The zero-order valence-corrected chi connectivity index (χ0v) is 18.3. The summed E-state index contributed by atoms with van der Waals surface area (Å²) >= 11 is 1.20. The van der Waals surface area contributed by atoms with Crippen LogP contribution in [0.1, 0.15) is 48.1 Å². The number of rotatable bonds is 5. The van der Waals surface area contributed by atoms with Crippen LogP contribution in [0.3, 0.4) is 0 Å². The Morgan fingerprint density at radius 2 is 2.14 bits per heavy atom. The quantitative estimate of drug-likeness (QED) is 0.646. The van der Waals surface area contributed by atoms with Gasteiger partial charge in [0.1, 0.15) is 15.9 Å². The monoisotopic (exact) mass is 433 g/mol. The first-order valence-electron chi connectivity index (χ1n) is 9.63. The number of imidazole rings is 1. The van der Waals surface area contributed by atoms with Crippen molar-refractivity contribution in [1.29, 1.82) is 0 Å². The van der Waals surface area contributed by atoms with E-state index in [9.17, 15) is 8.42 Å². The summed E-state index contributed by atoms with van der Waals surface area (Å²) in [5.41, 5.74) is 2.52. The van der Waals surface area contributed by atoms with Crippen molar-refractivity contribution < 1.29 is 12.8 Å². The van der Waals surface area contributed by atoms with E-state index in [1.807, 2.05) is 17.7 Å². The Morgan fingerprint density at radius 1 is 1.38 bits per heavy atom. The number of aromatic nitrogens is 2. The lowest BCUT2D eigenvalue weighted by molar-refractivity contribution is 0.548. The second kappa shape index (κ2) is 7.34. The molecule has 4 rings (SSSR count). The Morgan fingerprint density at radius 3 is 2.79 bits per heavy atom. The third kappa shape index (κ3) is 3.65. The number of sulfonamides is 1. The van der Waals surface area contributed by atoms with Crippen molar-refractivity contribution in [3.8, 4) is 11.1 Å². The Hall–Kier alpha value is -2.03. The van der Waals surface area contributed by atoms with Crippen LogP contribution in [0.25, 0.3) is 11.1 Å². The number of nitrogens with two attached hydrogens (primary N) is 1. The van der Waals surface area contributed by atoms with Gasteiger partial charge >= 0.3 is 0 Å². The highest BCUT2D eigenvalue weighted by Gasteiger charge is 2.28. The van der Waals surface area contributed by atoms with Crippen molar-refractivity contribution in [3.05, 3.63) is 58.2 Å². The molecule has 0 amide bonds. The summed E-state index contributed by atoms with van der Waals surface area (Å²) in [7, 11) is -3.91. The molecule has 5 nitrogen and oxygen atoms in total. The van der Waals surface area contributed by atoms with Crippen molar-refractivity contribution in [2.24, 2.45) is 11.1 Å². The molecule has 0 spiro atoms. The van der Waals surface area contributed by atoms with E-state index < -0.39 is 10.0 Å². The summed E-state index contributed by atoms with van der Waals surface area (Å²) in [4.78, 5) is 5.28. The van der Waals surface area contributed by atoms with E-state index in [0.717, 1.165) is 35.5 Å². The number of hydrogen-bond donors (Lipinski definition) is 1. The van der Waals surface area contributed by atoms with Gasteiger partial charge in [0, 0.05) is 34.8 Å². The molecule has 0 radical (unpaired) electrons. The number of benzene rings is 1. The number of nitrogens with zero attached hydrogens (tertiary/aromatic N) is 2. The Bertz CT molecular complexity index is 1180. The van der Waals surface area contributed by atoms with Gasteiger partial charge < -0.3 is 4.57 Å². The minimum Gasteiger partial charge on any atom is -0.327 e. The van der Waals surface area contributed by atoms with E-state index >= 15 is 4.39 Å². The highest BCUT2D eigenvalue weighted by atomic mass is 32.2.